The molecule has 1 aromatic rings. The molecule has 1 rings (SSSR count). The molecule has 6 heteroatoms. The first-order valence-corrected chi connectivity index (χ1v) is 7.16. The fourth-order valence-electron chi connectivity index (χ4n) is 1.10. The van der Waals surface area contributed by atoms with Crippen LogP contribution < -0.4 is 5.73 Å². The van der Waals surface area contributed by atoms with Crippen LogP contribution in [-0.4, -0.2) is 21.4 Å². The number of halogens is 1. The van der Waals surface area contributed by atoms with Gasteiger partial charge in [-0.05, 0) is 44.5 Å². The third kappa shape index (κ3) is 4.44. The number of hydrogen-bond acceptors (Lipinski definition) is 3. The Morgan fingerprint density at radius 3 is 2.56 bits per heavy atom. The highest BCUT2D eigenvalue weighted by Gasteiger charge is 2.25. The number of hydrogen-bond donors (Lipinski definition) is 1. The van der Waals surface area contributed by atoms with Crippen molar-refractivity contribution in [1.29, 1.82) is 0 Å². The van der Waals surface area contributed by atoms with Gasteiger partial charge in [0, 0.05) is 10.0 Å². The third-order valence-electron chi connectivity index (χ3n) is 2.03. The van der Waals surface area contributed by atoms with Crippen LogP contribution in [0.3, 0.4) is 0 Å². The highest BCUT2D eigenvalue weighted by atomic mass is 79.9. The van der Waals surface area contributed by atoms with Crippen molar-refractivity contribution in [3.63, 3.8) is 0 Å². The number of benzene rings is 1. The second-order valence-corrected chi connectivity index (χ2v) is 7.58. The van der Waals surface area contributed by atoms with Gasteiger partial charge in [0.15, 0.2) is 0 Å². The van der Waals surface area contributed by atoms with Crippen molar-refractivity contribution in [2.45, 2.75) is 25.5 Å². The first-order chi connectivity index (χ1) is 8.20. The Morgan fingerprint density at radius 1 is 1.44 bits per heavy atom. The molecule has 1 aromatic carbocycles. The summed E-state index contributed by atoms with van der Waals surface area (Å²) in [5.41, 5.74) is 6.27. The Balaban J connectivity index is 2.98. The van der Waals surface area contributed by atoms with Crippen LogP contribution in [0.1, 0.15) is 36.7 Å². The van der Waals surface area contributed by atoms with E-state index in [9.17, 15) is 9.35 Å². The van der Waals surface area contributed by atoms with Crippen molar-refractivity contribution >= 4 is 39.4 Å². The molecule has 0 aliphatic rings. The van der Waals surface area contributed by atoms with Crippen molar-refractivity contribution in [3.05, 3.63) is 33.8 Å². The lowest BCUT2D eigenvalue weighted by molar-refractivity contribution is 0.1000. The zero-order chi connectivity index (χ0) is 13.9. The van der Waals surface area contributed by atoms with E-state index in [-0.39, 0.29) is 0 Å². The molecule has 1 atom stereocenters. The van der Waals surface area contributed by atoms with Crippen molar-refractivity contribution in [1.82, 2.24) is 0 Å². The maximum Gasteiger partial charge on any atom is 0.248 e. The Kier molecular flexibility index (Phi) is 4.95. The first kappa shape index (κ1) is 15.2. The minimum absolute atomic E-state index is 0.382. The van der Waals surface area contributed by atoms with E-state index in [1.807, 2.05) is 20.8 Å². The van der Waals surface area contributed by atoms with Crippen molar-refractivity contribution in [2.24, 2.45) is 10.1 Å². The lowest BCUT2D eigenvalue weighted by Crippen LogP contribution is -2.25. The number of carbonyl (C=O) groups is 1. The molecule has 0 aromatic heterocycles. The average Bonchev–Trinajstić information content (AvgIpc) is 2.23. The zero-order valence-electron chi connectivity index (χ0n) is 10.4. The van der Waals surface area contributed by atoms with E-state index in [1.165, 1.54) is 6.21 Å². The topological polar surface area (TPSA) is 78.5 Å². The highest BCUT2D eigenvalue weighted by molar-refractivity contribution is 9.10. The molecule has 0 spiro atoms. The summed E-state index contributed by atoms with van der Waals surface area (Å²) >= 11 is 1.96. The van der Waals surface area contributed by atoms with Crippen LogP contribution in [-0.2, 0) is 11.4 Å². The Bertz CT molecular complexity index is 483. The van der Waals surface area contributed by atoms with Crippen LogP contribution >= 0.6 is 15.9 Å². The largest absolute Gasteiger partial charge is 0.591 e. The molecular formula is C12H15BrN2O2S. The van der Waals surface area contributed by atoms with Crippen LogP contribution in [0.2, 0.25) is 0 Å². The van der Waals surface area contributed by atoms with E-state index in [1.54, 1.807) is 18.2 Å². The van der Waals surface area contributed by atoms with Crippen LogP contribution in [0.5, 0.6) is 0 Å². The average molecular weight is 331 g/mol. The number of amides is 1. The normalized spacial score (nSPS) is 13.8. The summed E-state index contributed by atoms with van der Waals surface area (Å²) in [6.07, 6.45) is 1.48. The molecule has 98 valence electrons. The first-order valence-electron chi connectivity index (χ1n) is 5.26. The van der Waals surface area contributed by atoms with Crippen LogP contribution in [0.25, 0.3) is 0 Å². The van der Waals surface area contributed by atoms with E-state index in [2.05, 4.69) is 20.3 Å². The van der Waals surface area contributed by atoms with Gasteiger partial charge in [-0.2, -0.15) is 0 Å². The maximum atomic E-state index is 11.8. The van der Waals surface area contributed by atoms with Gasteiger partial charge in [-0.25, -0.2) is 0 Å². The molecule has 0 saturated carbocycles. The Labute approximate surface area is 118 Å². The van der Waals surface area contributed by atoms with Crippen LogP contribution in [0.4, 0.5) is 0 Å². The number of primary amides is 1. The molecule has 4 nitrogen and oxygen atoms in total. The van der Waals surface area contributed by atoms with Crippen LogP contribution in [0, 0.1) is 0 Å². The van der Waals surface area contributed by atoms with E-state index >= 15 is 0 Å². The number of rotatable bonds is 3. The highest BCUT2D eigenvalue weighted by Crippen LogP contribution is 2.18. The summed E-state index contributed by atoms with van der Waals surface area (Å²) in [6, 6.07) is 5.01. The molecule has 0 aliphatic carbocycles. The number of carbonyl (C=O) groups excluding carboxylic acids is 1. The Hall–Kier alpha value is -0.850. The van der Waals surface area contributed by atoms with E-state index in [0.29, 0.717) is 11.1 Å². The summed E-state index contributed by atoms with van der Waals surface area (Å²) in [6.45, 7) is 5.53. The molecule has 2 N–H and O–H groups in total. The summed E-state index contributed by atoms with van der Waals surface area (Å²) in [5, 5.41) is 0. The summed E-state index contributed by atoms with van der Waals surface area (Å²) in [5.74, 6) is -0.511. The monoisotopic (exact) mass is 330 g/mol. The SMILES string of the molecule is CC(C)(C)[S+]([O-])N=Cc1cc(Br)cc(C(N)=O)c1. The quantitative estimate of drug-likeness (QED) is 0.682. The van der Waals surface area contributed by atoms with Crippen molar-refractivity contribution < 1.29 is 9.35 Å². The van der Waals surface area contributed by atoms with Gasteiger partial charge in [0.1, 0.15) is 16.1 Å². The second kappa shape index (κ2) is 5.86. The predicted molar refractivity (Wildman–Crippen MR) is 78.1 cm³/mol. The van der Waals surface area contributed by atoms with E-state index in [4.69, 9.17) is 5.73 Å². The van der Waals surface area contributed by atoms with E-state index in [0.717, 1.165) is 4.47 Å². The van der Waals surface area contributed by atoms with Gasteiger partial charge >= 0.3 is 0 Å². The van der Waals surface area contributed by atoms with Gasteiger partial charge in [0.2, 0.25) is 5.91 Å². The third-order valence-corrected chi connectivity index (χ3v) is 3.83. The summed E-state index contributed by atoms with van der Waals surface area (Å²) in [7, 11) is 0. The molecule has 0 saturated heterocycles. The molecule has 0 aliphatic heterocycles. The van der Waals surface area contributed by atoms with Gasteiger partial charge in [-0.3, -0.25) is 4.79 Å². The molecular weight excluding hydrogens is 316 g/mol. The summed E-state index contributed by atoms with van der Waals surface area (Å²) < 4.78 is 16.0. The van der Waals surface area contributed by atoms with Gasteiger partial charge < -0.3 is 10.3 Å². The molecule has 0 bridgehead atoms. The number of nitrogens with two attached hydrogens (primary N) is 1. The molecule has 0 fully saturated rings. The van der Waals surface area contributed by atoms with Gasteiger partial charge in [0.05, 0.1) is 6.21 Å². The molecule has 18 heavy (non-hydrogen) atoms. The van der Waals surface area contributed by atoms with E-state index < -0.39 is 22.0 Å². The predicted octanol–water partition coefficient (Wildman–Crippen LogP) is 2.43. The minimum atomic E-state index is -1.32. The van der Waals surface area contributed by atoms with Crippen LogP contribution in [0.15, 0.2) is 27.1 Å². The van der Waals surface area contributed by atoms with Crippen molar-refractivity contribution in [2.75, 3.05) is 0 Å². The maximum absolute atomic E-state index is 11.8. The fourth-order valence-corrected chi connectivity index (χ4v) is 2.14. The molecule has 0 heterocycles. The zero-order valence-corrected chi connectivity index (χ0v) is 12.8. The second-order valence-electron chi connectivity index (χ2n) is 4.73. The lowest BCUT2D eigenvalue weighted by Gasteiger charge is -2.17. The lowest BCUT2D eigenvalue weighted by atomic mass is 10.1. The minimum Gasteiger partial charge on any atom is -0.591 e. The smallest absolute Gasteiger partial charge is 0.248 e. The summed E-state index contributed by atoms with van der Waals surface area (Å²) in [4.78, 5) is 11.1. The van der Waals surface area contributed by atoms with Gasteiger partial charge in [-0.15, -0.1) is 0 Å². The Morgan fingerprint density at radius 2 is 2.06 bits per heavy atom. The fraction of sp³-hybridized carbons (Fsp3) is 0.333. The number of nitrogens with zero attached hydrogens (tertiary/aromatic N) is 1. The van der Waals surface area contributed by atoms with Gasteiger partial charge in [-0.1, -0.05) is 20.3 Å². The molecule has 0 radical (unpaired) electrons. The van der Waals surface area contributed by atoms with Crippen molar-refractivity contribution in [3.8, 4) is 0 Å². The molecule has 1 amide bonds. The molecule has 1 unspecified atom stereocenters. The standard InChI is InChI=1S/C12H15BrN2O2S/c1-12(2,3)18(17)15-7-8-4-9(11(14)16)6-10(13)5-8/h4-7H,1-3H3,(H2,14,16). The van der Waals surface area contributed by atoms with Gasteiger partial charge in [0.25, 0.3) is 0 Å².